The van der Waals surface area contributed by atoms with E-state index in [1.165, 1.54) is 0 Å². The number of benzene rings is 1. The Morgan fingerprint density at radius 3 is 2.67 bits per heavy atom. The lowest BCUT2D eigenvalue weighted by Crippen LogP contribution is -2.18. The molecule has 0 saturated carbocycles. The monoisotopic (exact) mass is 209 g/mol. The highest BCUT2D eigenvalue weighted by molar-refractivity contribution is 5.39. The maximum atomic E-state index is 9.67. The van der Waals surface area contributed by atoms with E-state index in [0.29, 0.717) is 18.2 Å². The smallest absolute Gasteiger partial charge is 0.123 e. The summed E-state index contributed by atoms with van der Waals surface area (Å²) in [6.45, 7) is 5.95. The fraction of sp³-hybridized carbons (Fsp3) is 0.500. The van der Waals surface area contributed by atoms with Crippen molar-refractivity contribution >= 4 is 0 Å². The molecule has 0 fully saturated rings. The highest BCUT2D eigenvalue weighted by Crippen LogP contribution is 2.22. The standard InChI is InChI=1S/C12H19NO2/c1-9(2)7-13-8-10-4-5-11(15-3)6-12(10)14/h4-6,9,13-14H,7-8H2,1-3H3. The highest BCUT2D eigenvalue weighted by atomic mass is 16.5. The van der Waals surface area contributed by atoms with Gasteiger partial charge in [-0.3, -0.25) is 0 Å². The lowest BCUT2D eigenvalue weighted by Gasteiger charge is -2.09. The van der Waals surface area contributed by atoms with E-state index >= 15 is 0 Å². The first kappa shape index (κ1) is 11.9. The summed E-state index contributed by atoms with van der Waals surface area (Å²) < 4.78 is 5.01. The summed E-state index contributed by atoms with van der Waals surface area (Å²) in [5.74, 6) is 1.58. The lowest BCUT2D eigenvalue weighted by molar-refractivity contribution is 0.405. The van der Waals surface area contributed by atoms with Crippen molar-refractivity contribution in [1.82, 2.24) is 5.32 Å². The van der Waals surface area contributed by atoms with Crippen LogP contribution in [-0.2, 0) is 6.54 Å². The molecule has 84 valence electrons. The summed E-state index contributed by atoms with van der Waals surface area (Å²) in [5, 5.41) is 12.9. The van der Waals surface area contributed by atoms with E-state index in [1.807, 2.05) is 12.1 Å². The van der Waals surface area contributed by atoms with Crippen LogP contribution < -0.4 is 10.1 Å². The first-order valence-corrected chi connectivity index (χ1v) is 5.20. The van der Waals surface area contributed by atoms with Gasteiger partial charge in [0, 0.05) is 18.2 Å². The van der Waals surface area contributed by atoms with Gasteiger partial charge >= 0.3 is 0 Å². The van der Waals surface area contributed by atoms with Gasteiger partial charge in [0.2, 0.25) is 0 Å². The molecule has 0 aliphatic heterocycles. The molecule has 0 bridgehead atoms. The Kier molecular flexibility index (Phi) is 4.43. The first-order valence-electron chi connectivity index (χ1n) is 5.20. The van der Waals surface area contributed by atoms with Gasteiger partial charge in [0.1, 0.15) is 11.5 Å². The SMILES string of the molecule is COc1ccc(CNCC(C)C)c(O)c1. The van der Waals surface area contributed by atoms with Gasteiger partial charge in [0.25, 0.3) is 0 Å². The molecule has 0 radical (unpaired) electrons. The van der Waals surface area contributed by atoms with E-state index in [2.05, 4.69) is 19.2 Å². The Bertz CT molecular complexity index is 310. The number of ether oxygens (including phenoxy) is 1. The van der Waals surface area contributed by atoms with Crippen LogP contribution in [-0.4, -0.2) is 18.8 Å². The molecule has 0 aliphatic carbocycles. The van der Waals surface area contributed by atoms with E-state index in [-0.39, 0.29) is 5.75 Å². The molecule has 0 aliphatic rings. The van der Waals surface area contributed by atoms with Crippen LogP contribution in [0.3, 0.4) is 0 Å². The molecule has 3 nitrogen and oxygen atoms in total. The minimum Gasteiger partial charge on any atom is -0.507 e. The normalized spacial score (nSPS) is 10.7. The van der Waals surface area contributed by atoms with Crippen LogP contribution >= 0.6 is 0 Å². The fourth-order valence-corrected chi connectivity index (χ4v) is 1.32. The molecule has 0 saturated heterocycles. The summed E-state index contributed by atoms with van der Waals surface area (Å²) in [5.41, 5.74) is 0.899. The molecular weight excluding hydrogens is 190 g/mol. The zero-order valence-electron chi connectivity index (χ0n) is 9.58. The van der Waals surface area contributed by atoms with Crippen molar-refractivity contribution in [2.24, 2.45) is 5.92 Å². The molecule has 0 heterocycles. The summed E-state index contributed by atoms with van der Waals surface area (Å²) in [6, 6.07) is 5.36. The van der Waals surface area contributed by atoms with E-state index in [0.717, 1.165) is 12.1 Å². The van der Waals surface area contributed by atoms with Gasteiger partial charge in [0.15, 0.2) is 0 Å². The van der Waals surface area contributed by atoms with Crippen molar-refractivity contribution in [2.75, 3.05) is 13.7 Å². The molecule has 0 amide bonds. The van der Waals surface area contributed by atoms with Crippen LogP contribution in [0.15, 0.2) is 18.2 Å². The molecule has 0 unspecified atom stereocenters. The number of hydrogen-bond donors (Lipinski definition) is 2. The average Bonchev–Trinajstić information content (AvgIpc) is 2.20. The van der Waals surface area contributed by atoms with Crippen molar-refractivity contribution < 1.29 is 9.84 Å². The van der Waals surface area contributed by atoms with Crippen molar-refractivity contribution in [1.29, 1.82) is 0 Å². The number of nitrogens with one attached hydrogen (secondary N) is 1. The van der Waals surface area contributed by atoms with Gasteiger partial charge in [-0.1, -0.05) is 19.9 Å². The van der Waals surface area contributed by atoms with Crippen LogP contribution in [0.25, 0.3) is 0 Å². The highest BCUT2D eigenvalue weighted by Gasteiger charge is 2.02. The lowest BCUT2D eigenvalue weighted by atomic mass is 10.1. The molecule has 0 aromatic heterocycles. The molecule has 0 atom stereocenters. The zero-order chi connectivity index (χ0) is 11.3. The molecule has 3 heteroatoms. The van der Waals surface area contributed by atoms with Gasteiger partial charge in [-0.25, -0.2) is 0 Å². The second-order valence-electron chi connectivity index (χ2n) is 4.02. The summed E-state index contributed by atoms with van der Waals surface area (Å²) in [6.07, 6.45) is 0. The van der Waals surface area contributed by atoms with Crippen LogP contribution in [0, 0.1) is 5.92 Å². The Hall–Kier alpha value is -1.22. The number of hydrogen-bond acceptors (Lipinski definition) is 3. The molecule has 1 aromatic carbocycles. The van der Waals surface area contributed by atoms with Crippen LogP contribution in [0.1, 0.15) is 19.4 Å². The second kappa shape index (κ2) is 5.61. The predicted molar refractivity (Wildman–Crippen MR) is 61.2 cm³/mol. The van der Waals surface area contributed by atoms with E-state index in [4.69, 9.17) is 4.74 Å². The van der Waals surface area contributed by atoms with Crippen LogP contribution in [0.5, 0.6) is 11.5 Å². The van der Waals surface area contributed by atoms with Crippen molar-refractivity contribution in [3.05, 3.63) is 23.8 Å². The van der Waals surface area contributed by atoms with Crippen LogP contribution in [0.2, 0.25) is 0 Å². The molecule has 1 rings (SSSR count). The Labute approximate surface area is 91.1 Å². The van der Waals surface area contributed by atoms with Gasteiger partial charge < -0.3 is 15.2 Å². The minimum atomic E-state index is 0.283. The Morgan fingerprint density at radius 1 is 1.40 bits per heavy atom. The third-order valence-electron chi connectivity index (χ3n) is 2.16. The quantitative estimate of drug-likeness (QED) is 0.780. The average molecular weight is 209 g/mol. The molecule has 0 spiro atoms. The number of phenolic OH excluding ortho intramolecular Hbond substituents is 1. The molecule has 2 N–H and O–H groups in total. The van der Waals surface area contributed by atoms with Gasteiger partial charge in [-0.2, -0.15) is 0 Å². The van der Waals surface area contributed by atoms with Crippen LogP contribution in [0.4, 0.5) is 0 Å². The molecule has 15 heavy (non-hydrogen) atoms. The summed E-state index contributed by atoms with van der Waals surface area (Å²) >= 11 is 0. The number of aromatic hydroxyl groups is 1. The van der Waals surface area contributed by atoms with Gasteiger partial charge in [0.05, 0.1) is 7.11 Å². The van der Waals surface area contributed by atoms with E-state index in [9.17, 15) is 5.11 Å². The largest absolute Gasteiger partial charge is 0.507 e. The third-order valence-corrected chi connectivity index (χ3v) is 2.16. The van der Waals surface area contributed by atoms with E-state index < -0.39 is 0 Å². The molecule has 1 aromatic rings. The third kappa shape index (κ3) is 3.80. The van der Waals surface area contributed by atoms with Crippen molar-refractivity contribution in [3.8, 4) is 11.5 Å². The van der Waals surface area contributed by atoms with Crippen molar-refractivity contribution in [2.45, 2.75) is 20.4 Å². The number of methoxy groups -OCH3 is 1. The van der Waals surface area contributed by atoms with E-state index in [1.54, 1.807) is 13.2 Å². The minimum absolute atomic E-state index is 0.283. The predicted octanol–water partition coefficient (Wildman–Crippen LogP) is 2.15. The Morgan fingerprint density at radius 2 is 2.13 bits per heavy atom. The van der Waals surface area contributed by atoms with Crippen molar-refractivity contribution in [3.63, 3.8) is 0 Å². The fourth-order valence-electron chi connectivity index (χ4n) is 1.32. The Balaban J connectivity index is 2.54. The summed E-state index contributed by atoms with van der Waals surface area (Å²) in [7, 11) is 1.59. The summed E-state index contributed by atoms with van der Waals surface area (Å²) in [4.78, 5) is 0. The van der Waals surface area contributed by atoms with Gasteiger partial charge in [-0.15, -0.1) is 0 Å². The topological polar surface area (TPSA) is 41.5 Å². The second-order valence-corrected chi connectivity index (χ2v) is 4.02. The number of phenols is 1. The number of rotatable bonds is 5. The molecular formula is C12H19NO2. The maximum absolute atomic E-state index is 9.67. The maximum Gasteiger partial charge on any atom is 0.123 e. The first-order chi connectivity index (χ1) is 7.13. The van der Waals surface area contributed by atoms with Gasteiger partial charge in [-0.05, 0) is 18.5 Å². The zero-order valence-corrected chi connectivity index (χ0v) is 9.58.